The van der Waals surface area contributed by atoms with Crippen molar-refractivity contribution >= 4 is 5.82 Å². The van der Waals surface area contributed by atoms with E-state index in [4.69, 9.17) is 17.1 Å². The molecule has 21 heavy (non-hydrogen) atoms. The van der Waals surface area contributed by atoms with E-state index in [0.29, 0.717) is 18.3 Å². The summed E-state index contributed by atoms with van der Waals surface area (Å²) in [5.41, 5.74) is 9.20. The van der Waals surface area contributed by atoms with E-state index in [-0.39, 0.29) is 0 Å². The molecule has 0 unspecified atom stereocenters. The van der Waals surface area contributed by atoms with Crippen molar-refractivity contribution in [2.75, 3.05) is 5.73 Å². The van der Waals surface area contributed by atoms with Crippen LogP contribution in [0.3, 0.4) is 0 Å². The molecule has 0 radical (unpaired) electrons. The van der Waals surface area contributed by atoms with Crippen LogP contribution < -0.4 is 5.73 Å². The van der Waals surface area contributed by atoms with E-state index in [2.05, 4.69) is 11.0 Å². The van der Waals surface area contributed by atoms with Gasteiger partial charge in [0.2, 0.25) is 0 Å². The third-order valence-electron chi connectivity index (χ3n) is 4.50. The lowest BCUT2D eigenvalue weighted by atomic mass is 10.1. The molecule has 1 aliphatic rings. The molecule has 0 bridgehead atoms. The summed E-state index contributed by atoms with van der Waals surface area (Å²) in [4.78, 5) is 4.84. The quantitative estimate of drug-likeness (QED) is 0.880. The fourth-order valence-electron chi connectivity index (χ4n) is 3.17. The van der Waals surface area contributed by atoms with Crippen molar-refractivity contribution in [1.82, 2.24) is 19.3 Å². The predicted octanol–water partition coefficient (Wildman–Crippen LogP) is 2.47. The number of nitrogen functional groups attached to an aromatic ring is 1. The molecule has 3 rings (SSSR count). The highest BCUT2D eigenvalue weighted by atomic mass is 15.3. The normalized spacial score (nSPS) is 15.5. The second-order valence-corrected chi connectivity index (χ2v) is 5.74. The van der Waals surface area contributed by atoms with Crippen LogP contribution in [0.5, 0.6) is 0 Å². The van der Waals surface area contributed by atoms with Gasteiger partial charge < -0.3 is 10.3 Å². The fourth-order valence-corrected chi connectivity index (χ4v) is 3.17. The van der Waals surface area contributed by atoms with Crippen LogP contribution in [0, 0.1) is 19.3 Å². The van der Waals surface area contributed by atoms with Crippen molar-refractivity contribution in [2.45, 2.75) is 45.1 Å². The van der Waals surface area contributed by atoms with Gasteiger partial charge >= 0.3 is 0 Å². The molecule has 2 heterocycles. The Morgan fingerprint density at radius 2 is 2.14 bits per heavy atom. The van der Waals surface area contributed by atoms with Crippen molar-refractivity contribution < 1.29 is 0 Å². The molecule has 0 aromatic carbocycles. The van der Waals surface area contributed by atoms with Crippen LogP contribution in [0.4, 0.5) is 5.82 Å². The van der Waals surface area contributed by atoms with E-state index >= 15 is 0 Å². The third-order valence-corrected chi connectivity index (χ3v) is 4.50. The maximum absolute atomic E-state index is 6.34. The fraction of sp³-hybridized carbons (Fsp3) is 0.500. The maximum atomic E-state index is 6.34. The number of nitrogens with two attached hydrogens (primary N) is 1. The summed E-state index contributed by atoms with van der Waals surface area (Å²) in [6, 6.07) is 0. The molecule has 1 saturated carbocycles. The highest BCUT2D eigenvalue weighted by Crippen LogP contribution is 2.37. The number of terminal acetylenes is 1. The number of hydrogen-bond acceptors (Lipinski definition) is 3. The number of aromatic nitrogens is 4. The van der Waals surface area contributed by atoms with E-state index in [1.54, 1.807) is 0 Å². The van der Waals surface area contributed by atoms with Crippen LogP contribution in [-0.4, -0.2) is 19.3 Å². The topological polar surface area (TPSA) is 61.7 Å². The molecular formula is C16H21N5. The van der Waals surface area contributed by atoms with Crippen LogP contribution in [0.25, 0.3) is 11.3 Å². The Morgan fingerprint density at radius 1 is 1.43 bits per heavy atom. The van der Waals surface area contributed by atoms with Gasteiger partial charge in [-0.3, -0.25) is 4.68 Å². The molecular weight excluding hydrogens is 262 g/mol. The van der Waals surface area contributed by atoms with Crippen molar-refractivity contribution in [1.29, 1.82) is 0 Å². The van der Waals surface area contributed by atoms with Gasteiger partial charge in [0.15, 0.2) is 0 Å². The summed E-state index contributed by atoms with van der Waals surface area (Å²) in [7, 11) is 1.92. The number of anilines is 1. The van der Waals surface area contributed by atoms with Gasteiger partial charge in [-0.15, -0.1) is 6.42 Å². The van der Waals surface area contributed by atoms with E-state index < -0.39 is 0 Å². The van der Waals surface area contributed by atoms with E-state index in [1.807, 2.05) is 29.4 Å². The number of aryl methyl sites for hydroxylation is 1. The maximum Gasteiger partial charge on any atom is 0.132 e. The van der Waals surface area contributed by atoms with Gasteiger partial charge in [0, 0.05) is 24.2 Å². The molecule has 0 saturated heterocycles. The summed E-state index contributed by atoms with van der Waals surface area (Å²) >= 11 is 0. The minimum atomic E-state index is 0.476. The first-order valence-electron chi connectivity index (χ1n) is 7.41. The van der Waals surface area contributed by atoms with E-state index in [1.165, 1.54) is 25.7 Å². The SMILES string of the molecule is C#CCn1c(C2CCCC2)nc(-c2cnn(C)c2C)c1N. The van der Waals surface area contributed by atoms with Crippen molar-refractivity contribution in [3.63, 3.8) is 0 Å². The van der Waals surface area contributed by atoms with Crippen molar-refractivity contribution in [3.8, 4) is 23.6 Å². The molecule has 5 heteroatoms. The minimum Gasteiger partial charge on any atom is -0.383 e. The minimum absolute atomic E-state index is 0.476. The lowest BCUT2D eigenvalue weighted by molar-refractivity contribution is 0.622. The number of imidazole rings is 1. The van der Waals surface area contributed by atoms with Gasteiger partial charge in [-0.05, 0) is 19.8 Å². The number of rotatable bonds is 3. The van der Waals surface area contributed by atoms with Crippen LogP contribution in [0.1, 0.15) is 43.1 Å². The zero-order valence-corrected chi connectivity index (χ0v) is 12.6. The Hall–Kier alpha value is -2.22. The summed E-state index contributed by atoms with van der Waals surface area (Å²) in [6.07, 6.45) is 12.2. The summed E-state index contributed by atoms with van der Waals surface area (Å²) in [6.45, 7) is 2.50. The summed E-state index contributed by atoms with van der Waals surface area (Å²) in [5, 5.41) is 4.29. The molecule has 1 aliphatic carbocycles. The molecule has 0 aliphatic heterocycles. The van der Waals surface area contributed by atoms with Crippen molar-refractivity contribution in [3.05, 3.63) is 17.7 Å². The van der Waals surface area contributed by atoms with Crippen molar-refractivity contribution in [2.24, 2.45) is 7.05 Å². The van der Waals surface area contributed by atoms with Gasteiger partial charge in [0.1, 0.15) is 17.3 Å². The Kier molecular flexibility index (Phi) is 3.46. The highest BCUT2D eigenvalue weighted by molar-refractivity contribution is 5.72. The lowest BCUT2D eigenvalue weighted by Crippen LogP contribution is -2.09. The molecule has 2 aromatic heterocycles. The largest absolute Gasteiger partial charge is 0.383 e. The molecule has 2 N–H and O–H groups in total. The van der Waals surface area contributed by atoms with E-state index in [0.717, 1.165) is 22.8 Å². The van der Waals surface area contributed by atoms with Gasteiger partial charge in [0.25, 0.3) is 0 Å². The van der Waals surface area contributed by atoms with Gasteiger partial charge in [0.05, 0.1) is 12.7 Å². The first-order valence-corrected chi connectivity index (χ1v) is 7.41. The smallest absolute Gasteiger partial charge is 0.132 e. The van der Waals surface area contributed by atoms with Crippen LogP contribution in [0.2, 0.25) is 0 Å². The summed E-state index contributed by atoms with van der Waals surface area (Å²) < 4.78 is 3.84. The molecule has 5 nitrogen and oxygen atoms in total. The molecule has 0 amide bonds. The van der Waals surface area contributed by atoms with Crippen LogP contribution in [-0.2, 0) is 13.6 Å². The molecule has 110 valence electrons. The molecule has 2 aromatic rings. The average molecular weight is 283 g/mol. The summed E-state index contributed by atoms with van der Waals surface area (Å²) in [5.74, 6) is 4.87. The average Bonchev–Trinajstić information content (AvgIpc) is 3.16. The number of hydrogen-bond donors (Lipinski definition) is 1. The molecule has 0 atom stereocenters. The Bertz CT molecular complexity index is 695. The zero-order valence-electron chi connectivity index (χ0n) is 12.6. The Balaban J connectivity index is 2.12. The second-order valence-electron chi connectivity index (χ2n) is 5.74. The third kappa shape index (κ3) is 2.21. The first kappa shape index (κ1) is 13.7. The second kappa shape index (κ2) is 5.28. The first-order chi connectivity index (χ1) is 10.1. The predicted molar refractivity (Wildman–Crippen MR) is 83.6 cm³/mol. The van der Waals surface area contributed by atoms with Gasteiger partial charge in [-0.2, -0.15) is 5.10 Å². The van der Waals surface area contributed by atoms with Crippen LogP contribution >= 0.6 is 0 Å². The molecule has 1 fully saturated rings. The van der Waals surface area contributed by atoms with Gasteiger partial charge in [-0.25, -0.2) is 4.98 Å². The Morgan fingerprint density at radius 3 is 2.71 bits per heavy atom. The number of nitrogens with zero attached hydrogens (tertiary/aromatic N) is 4. The van der Waals surface area contributed by atoms with E-state index in [9.17, 15) is 0 Å². The van der Waals surface area contributed by atoms with Crippen LogP contribution in [0.15, 0.2) is 6.20 Å². The lowest BCUT2D eigenvalue weighted by Gasteiger charge is -2.11. The standard InChI is InChI=1S/C16H21N5/c1-4-9-21-15(17)14(13-10-18-20(3)11(13)2)19-16(21)12-7-5-6-8-12/h1,10,12H,5-9,17H2,2-3H3. The highest BCUT2D eigenvalue weighted by Gasteiger charge is 2.26. The monoisotopic (exact) mass is 283 g/mol. The molecule has 0 spiro atoms. The Labute approximate surface area is 125 Å². The zero-order chi connectivity index (χ0) is 15.0. The van der Waals surface area contributed by atoms with Gasteiger partial charge in [-0.1, -0.05) is 18.8 Å².